The van der Waals surface area contributed by atoms with Crippen molar-refractivity contribution in [1.82, 2.24) is 20.2 Å². The number of hydrogen-bond acceptors (Lipinski definition) is 5. The van der Waals surface area contributed by atoms with Crippen LogP contribution in [0, 0.1) is 0 Å². The summed E-state index contributed by atoms with van der Waals surface area (Å²) in [6.07, 6.45) is 1.42. The fourth-order valence-corrected chi connectivity index (χ4v) is 2.40. The number of carboxylic acid groups (broad SMARTS) is 1. The maximum Gasteiger partial charge on any atom is 0.336 e. The molecule has 0 aliphatic heterocycles. The molecule has 0 radical (unpaired) electrons. The first kappa shape index (κ1) is 11.7. The van der Waals surface area contributed by atoms with Crippen LogP contribution >= 0.6 is 11.8 Å². The van der Waals surface area contributed by atoms with Crippen molar-refractivity contribution in [1.29, 1.82) is 0 Å². The SMILES string of the molecule is O=C(O)c1cccc2nc(Sc3ncn[nH]3)ccc12. The van der Waals surface area contributed by atoms with Crippen molar-refractivity contribution in [3.8, 4) is 0 Å². The van der Waals surface area contributed by atoms with E-state index < -0.39 is 5.97 Å². The minimum atomic E-state index is -0.956. The first-order valence-corrected chi connectivity index (χ1v) is 6.22. The topological polar surface area (TPSA) is 91.8 Å². The number of nitrogens with one attached hydrogen (secondary N) is 1. The first-order valence-electron chi connectivity index (χ1n) is 5.40. The van der Waals surface area contributed by atoms with E-state index in [0.717, 1.165) is 5.03 Å². The van der Waals surface area contributed by atoms with Crippen molar-refractivity contribution in [3.63, 3.8) is 0 Å². The number of carboxylic acids is 1. The monoisotopic (exact) mass is 272 g/mol. The second-order valence-corrected chi connectivity index (χ2v) is 4.73. The molecular formula is C12H8N4O2S. The molecule has 1 aromatic carbocycles. The number of H-pyrrole nitrogens is 1. The third-order valence-corrected chi connectivity index (χ3v) is 3.36. The van der Waals surface area contributed by atoms with E-state index in [1.54, 1.807) is 30.3 Å². The van der Waals surface area contributed by atoms with Crippen LogP contribution in [-0.2, 0) is 0 Å². The lowest BCUT2D eigenvalue weighted by molar-refractivity contribution is 0.0699. The normalized spacial score (nSPS) is 10.7. The number of carbonyl (C=O) groups is 1. The Morgan fingerprint density at radius 1 is 1.26 bits per heavy atom. The lowest BCUT2D eigenvalue weighted by Gasteiger charge is -2.03. The maximum atomic E-state index is 11.1. The van der Waals surface area contributed by atoms with E-state index in [2.05, 4.69) is 20.2 Å². The average Bonchev–Trinajstić information content (AvgIpc) is 2.90. The Balaban J connectivity index is 2.04. The molecule has 0 fully saturated rings. The van der Waals surface area contributed by atoms with E-state index in [-0.39, 0.29) is 5.56 Å². The van der Waals surface area contributed by atoms with Crippen molar-refractivity contribution in [2.24, 2.45) is 0 Å². The molecule has 0 aliphatic carbocycles. The average molecular weight is 272 g/mol. The molecule has 3 aromatic rings. The molecule has 2 N–H and O–H groups in total. The molecule has 0 atom stereocenters. The van der Waals surface area contributed by atoms with Gasteiger partial charge in [-0.05, 0) is 36.0 Å². The first-order chi connectivity index (χ1) is 9.24. The molecule has 0 bridgehead atoms. The molecule has 0 aliphatic rings. The molecule has 7 heteroatoms. The molecule has 0 saturated heterocycles. The molecule has 3 rings (SSSR count). The second kappa shape index (κ2) is 4.69. The van der Waals surface area contributed by atoms with Gasteiger partial charge < -0.3 is 5.11 Å². The fraction of sp³-hybridized carbons (Fsp3) is 0. The number of benzene rings is 1. The van der Waals surface area contributed by atoms with Crippen molar-refractivity contribution in [2.75, 3.05) is 0 Å². The molecule has 19 heavy (non-hydrogen) atoms. The van der Waals surface area contributed by atoms with E-state index in [1.165, 1.54) is 18.1 Å². The van der Waals surface area contributed by atoms with Gasteiger partial charge in [0.25, 0.3) is 0 Å². The van der Waals surface area contributed by atoms with Crippen molar-refractivity contribution < 1.29 is 9.90 Å². The molecule has 0 unspecified atom stereocenters. The highest BCUT2D eigenvalue weighted by Gasteiger charge is 2.10. The van der Waals surface area contributed by atoms with E-state index in [1.807, 2.05) is 0 Å². The van der Waals surface area contributed by atoms with E-state index in [0.29, 0.717) is 16.1 Å². The van der Waals surface area contributed by atoms with Gasteiger partial charge in [-0.15, -0.1) is 0 Å². The molecule has 0 spiro atoms. The van der Waals surface area contributed by atoms with Crippen LogP contribution in [0.25, 0.3) is 10.9 Å². The van der Waals surface area contributed by atoms with Gasteiger partial charge in [-0.25, -0.2) is 14.8 Å². The number of fused-ring (bicyclic) bond motifs is 1. The van der Waals surface area contributed by atoms with Crippen molar-refractivity contribution in [3.05, 3.63) is 42.2 Å². The van der Waals surface area contributed by atoms with E-state index >= 15 is 0 Å². The summed E-state index contributed by atoms with van der Waals surface area (Å²) >= 11 is 1.34. The minimum absolute atomic E-state index is 0.251. The summed E-state index contributed by atoms with van der Waals surface area (Å²) in [5.41, 5.74) is 0.894. The zero-order chi connectivity index (χ0) is 13.2. The molecule has 6 nitrogen and oxygen atoms in total. The number of aromatic amines is 1. The summed E-state index contributed by atoms with van der Waals surface area (Å²) in [5, 5.41) is 17.6. The van der Waals surface area contributed by atoms with E-state index in [4.69, 9.17) is 5.11 Å². The Kier molecular flexibility index (Phi) is 2.88. The Hall–Kier alpha value is -2.41. The molecule has 2 heterocycles. The molecular weight excluding hydrogens is 264 g/mol. The minimum Gasteiger partial charge on any atom is -0.478 e. The number of aromatic carboxylic acids is 1. The highest BCUT2D eigenvalue weighted by molar-refractivity contribution is 7.99. The van der Waals surface area contributed by atoms with Crippen LogP contribution in [0.2, 0.25) is 0 Å². The number of nitrogens with zero attached hydrogens (tertiary/aromatic N) is 3. The molecule has 0 saturated carbocycles. The van der Waals surface area contributed by atoms with Gasteiger partial charge >= 0.3 is 5.97 Å². The van der Waals surface area contributed by atoms with Gasteiger partial charge in [0.1, 0.15) is 11.4 Å². The second-order valence-electron chi connectivity index (χ2n) is 3.72. The molecule has 2 aromatic heterocycles. The smallest absolute Gasteiger partial charge is 0.336 e. The number of aromatic nitrogens is 4. The Morgan fingerprint density at radius 2 is 2.16 bits per heavy atom. The van der Waals surface area contributed by atoms with Gasteiger partial charge in [-0.2, -0.15) is 5.10 Å². The Labute approximate surface area is 111 Å². The van der Waals surface area contributed by atoms with Crippen molar-refractivity contribution >= 4 is 28.6 Å². The van der Waals surface area contributed by atoms with Gasteiger partial charge in [0.05, 0.1) is 11.1 Å². The van der Waals surface area contributed by atoms with Crippen LogP contribution in [0.1, 0.15) is 10.4 Å². The summed E-state index contributed by atoms with van der Waals surface area (Å²) in [4.78, 5) is 19.5. The lowest BCUT2D eigenvalue weighted by Crippen LogP contribution is -1.98. The van der Waals surface area contributed by atoms with Crippen LogP contribution in [-0.4, -0.2) is 31.2 Å². The zero-order valence-corrected chi connectivity index (χ0v) is 10.4. The third kappa shape index (κ3) is 2.27. The van der Waals surface area contributed by atoms with Gasteiger partial charge in [0.15, 0.2) is 5.16 Å². The molecule has 94 valence electrons. The summed E-state index contributed by atoms with van der Waals surface area (Å²) in [7, 11) is 0. The quantitative estimate of drug-likeness (QED) is 0.759. The van der Waals surface area contributed by atoms with Gasteiger partial charge in [0.2, 0.25) is 0 Å². The Bertz CT molecular complexity index is 743. The lowest BCUT2D eigenvalue weighted by atomic mass is 10.1. The van der Waals surface area contributed by atoms with Crippen LogP contribution < -0.4 is 0 Å². The third-order valence-electron chi connectivity index (χ3n) is 2.53. The van der Waals surface area contributed by atoms with Crippen molar-refractivity contribution in [2.45, 2.75) is 10.2 Å². The highest BCUT2D eigenvalue weighted by atomic mass is 32.2. The standard InChI is InChI=1S/C12H8N4O2S/c17-11(18)8-2-1-3-9-7(8)4-5-10(15-9)19-12-13-6-14-16-12/h1-6H,(H,17,18)(H,13,14,16). The zero-order valence-electron chi connectivity index (χ0n) is 9.57. The van der Waals surface area contributed by atoms with E-state index in [9.17, 15) is 4.79 Å². The van der Waals surface area contributed by atoms with Crippen LogP contribution in [0.15, 0.2) is 46.8 Å². The van der Waals surface area contributed by atoms with Gasteiger partial charge in [0, 0.05) is 5.39 Å². The number of hydrogen-bond donors (Lipinski definition) is 2. The van der Waals surface area contributed by atoms with Gasteiger partial charge in [-0.3, -0.25) is 5.10 Å². The predicted octanol–water partition coefficient (Wildman–Crippen LogP) is 2.20. The van der Waals surface area contributed by atoms with Crippen LogP contribution in [0.3, 0.4) is 0 Å². The van der Waals surface area contributed by atoms with Crippen LogP contribution in [0.5, 0.6) is 0 Å². The highest BCUT2D eigenvalue weighted by Crippen LogP contribution is 2.25. The largest absolute Gasteiger partial charge is 0.478 e. The summed E-state index contributed by atoms with van der Waals surface area (Å²) in [5.74, 6) is -0.956. The number of pyridine rings is 1. The van der Waals surface area contributed by atoms with Crippen LogP contribution in [0.4, 0.5) is 0 Å². The molecule has 0 amide bonds. The Morgan fingerprint density at radius 3 is 2.89 bits per heavy atom. The summed E-state index contributed by atoms with van der Waals surface area (Å²) < 4.78 is 0. The predicted molar refractivity (Wildman–Crippen MR) is 69.2 cm³/mol. The van der Waals surface area contributed by atoms with Gasteiger partial charge in [-0.1, -0.05) is 6.07 Å². The maximum absolute atomic E-state index is 11.1. The summed E-state index contributed by atoms with van der Waals surface area (Å²) in [6, 6.07) is 8.55. The number of rotatable bonds is 3. The summed E-state index contributed by atoms with van der Waals surface area (Å²) in [6.45, 7) is 0. The fourth-order valence-electron chi connectivity index (χ4n) is 1.72.